The lowest BCUT2D eigenvalue weighted by Gasteiger charge is -2.15. The molecule has 2 heterocycles. The third-order valence-corrected chi connectivity index (χ3v) is 5.64. The summed E-state index contributed by atoms with van der Waals surface area (Å²) in [7, 11) is 4.88. The van der Waals surface area contributed by atoms with Crippen LogP contribution in [0.1, 0.15) is 22.4 Å². The first kappa shape index (κ1) is 21.5. The van der Waals surface area contributed by atoms with Crippen LogP contribution in [0.25, 0.3) is 11.0 Å². The molecule has 7 heteroatoms. The smallest absolute Gasteiger partial charge is 0.222 e. The van der Waals surface area contributed by atoms with Crippen molar-refractivity contribution in [3.63, 3.8) is 0 Å². The molecule has 0 saturated heterocycles. The molecule has 0 aliphatic rings. The lowest BCUT2D eigenvalue weighted by molar-refractivity contribution is 0.322. The fourth-order valence-electron chi connectivity index (χ4n) is 4.20. The van der Waals surface area contributed by atoms with E-state index < -0.39 is 0 Å². The average molecular weight is 433 g/mol. The molecule has 2 N–H and O–H groups in total. The average Bonchev–Trinajstić information content (AvgIpc) is 3.14. The Labute approximate surface area is 187 Å². The van der Waals surface area contributed by atoms with Gasteiger partial charge in [-0.05, 0) is 42.5 Å². The largest absolute Gasteiger partial charge is 0.493 e. The van der Waals surface area contributed by atoms with Crippen molar-refractivity contribution >= 4 is 17.0 Å². The molecule has 0 bridgehead atoms. The lowest BCUT2D eigenvalue weighted by atomic mass is 10.0. The molecule has 0 aliphatic heterocycles. The highest BCUT2D eigenvalue weighted by Crippen LogP contribution is 2.40. The summed E-state index contributed by atoms with van der Waals surface area (Å²) in [6.45, 7) is 2.70. The van der Waals surface area contributed by atoms with Crippen LogP contribution in [-0.2, 0) is 19.4 Å². The van der Waals surface area contributed by atoms with E-state index in [-0.39, 0.29) is 5.95 Å². The number of hydrogen-bond donors (Lipinski definition) is 1. The Bertz CT molecular complexity index is 1240. The van der Waals surface area contributed by atoms with Crippen LogP contribution in [0.2, 0.25) is 0 Å². The zero-order chi connectivity index (χ0) is 22.7. The predicted octanol–water partition coefficient (Wildman–Crippen LogP) is 4.18. The summed E-state index contributed by atoms with van der Waals surface area (Å²) >= 11 is 0. The third kappa shape index (κ3) is 4.06. The Morgan fingerprint density at radius 3 is 2.25 bits per heavy atom. The van der Waals surface area contributed by atoms with E-state index in [1.807, 2.05) is 37.3 Å². The van der Waals surface area contributed by atoms with Gasteiger partial charge >= 0.3 is 0 Å². The number of aryl methyl sites for hydroxylation is 3. The van der Waals surface area contributed by atoms with Crippen molar-refractivity contribution in [2.45, 2.75) is 26.3 Å². The second kappa shape index (κ2) is 9.18. The number of anilines is 1. The Morgan fingerprint density at radius 2 is 1.56 bits per heavy atom. The summed E-state index contributed by atoms with van der Waals surface area (Å²) in [5.74, 6) is 2.23. The minimum Gasteiger partial charge on any atom is -0.493 e. The Kier molecular flexibility index (Phi) is 6.16. The molecule has 0 fully saturated rings. The summed E-state index contributed by atoms with van der Waals surface area (Å²) in [6, 6.07) is 14.2. The number of nitrogens with zero attached hydrogens (tertiary/aromatic N) is 3. The molecule has 0 atom stereocenters. The van der Waals surface area contributed by atoms with Crippen molar-refractivity contribution in [2.24, 2.45) is 0 Å². The van der Waals surface area contributed by atoms with E-state index in [0.29, 0.717) is 23.8 Å². The number of nitrogen functional groups attached to an aromatic ring is 1. The second-order valence-corrected chi connectivity index (χ2v) is 7.63. The molecule has 0 saturated carbocycles. The quantitative estimate of drug-likeness (QED) is 0.450. The second-order valence-electron chi connectivity index (χ2n) is 7.63. The van der Waals surface area contributed by atoms with Crippen LogP contribution in [0, 0.1) is 6.92 Å². The van der Waals surface area contributed by atoms with E-state index in [4.69, 9.17) is 19.9 Å². The molecule has 0 spiro atoms. The number of rotatable bonds is 8. The molecular weight excluding hydrogens is 404 g/mol. The molecule has 7 nitrogen and oxygen atoms in total. The number of nitrogens with two attached hydrogens (primary N) is 1. The van der Waals surface area contributed by atoms with Crippen LogP contribution in [0.4, 0.5) is 5.95 Å². The van der Waals surface area contributed by atoms with E-state index in [1.165, 1.54) is 11.1 Å². The standard InChI is InChI=1S/C25H28N4O3/c1-16-21-19(11-10-18-12-13-20(30-2)23(32-4)22(18)31-3)15-29(24(21)28-25(26)27-16)14-17-8-6-5-7-9-17/h5-9,12-13,15H,10-11,14H2,1-4H3,(H2,26,27,28). The van der Waals surface area contributed by atoms with Gasteiger partial charge in [-0.2, -0.15) is 4.98 Å². The maximum absolute atomic E-state index is 5.98. The summed E-state index contributed by atoms with van der Waals surface area (Å²) in [5, 5.41) is 1.05. The molecule has 166 valence electrons. The number of hydrogen-bond acceptors (Lipinski definition) is 6. The molecule has 4 aromatic rings. The third-order valence-electron chi connectivity index (χ3n) is 5.64. The van der Waals surface area contributed by atoms with Gasteiger partial charge in [-0.3, -0.25) is 0 Å². The summed E-state index contributed by atoms with van der Waals surface area (Å²) in [6.07, 6.45) is 3.71. The van der Waals surface area contributed by atoms with E-state index in [2.05, 4.69) is 32.9 Å². The fraction of sp³-hybridized carbons (Fsp3) is 0.280. The zero-order valence-corrected chi connectivity index (χ0v) is 18.9. The van der Waals surface area contributed by atoms with Gasteiger partial charge in [0, 0.05) is 18.1 Å². The molecule has 2 aromatic heterocycles. The van der Waals surface area contributed by atoms with Crippen molar-refractivity contribution < 1.29 is 14.2 Å². The molecule has 4 rings (SSSR count). The maximum Gasteiger partial charge on any atom is 0.222 e. The number of ether oxygens (including phenoxy) is 3. The molecule has 2 aromatic carbocycles. The minimum atomic E-state index is 0.288. The first-order chi connectivity index (χ1) is 15.5. The van der Waals surface area contributed by atoms with E-state index in [9.17, 15) is 0 Å². The minimum absolute atomic E-state index is 0.288. The summed E-state index contributed by atoms with van der Waals surface area (Å²) < 4.78 is 18.7. The van der Waals surface area contributed by atoms with Gasteiger partial charge in [0.05, 0.1) is 27.0 Å². The first-order valence-electron chi connectivity index (χ1n) is 10.5. The molecule has 0 amide bonds. The lowest BCUT2D eigenvalue weighted by Crippen LogP contribution is -2.03. The van der Waals surface area contributed by atoms with Crippen molar-refractivity contribution in [2.75, 3.05) is 27.1 Å². The van der Waals surface area contributed by atoms with Gasteiger partial charge in [-0.25, -0.2) is 4.98 Å². The predicted molar refractivity (Wildman–Crippen MR) is 126 cm³/mol. The summed E-state index contributed by atoms with van der Waals surface area (Å²) in [4.78, 5) is 8.97. The molecular formula is C25H28N4O3. The van der Waals surface area contributed by atoms with Crippen molar-refractivity contribution in [1.82, 2.24) is 14.5 Å². The maximum atomic E-state index is 5.98. The highest BCUT2D eigenvalue weighted by Gasteiger charge is 2.18. The Balaban J connectivity index is 1.71. The monoisotopic (exact) mass is 432 g/mol. The number of aromatic nitrogens is 3. The SMILES string of the molecule is COc1ccc(CCc2cn(Cc3ccccc3)c3nc(N)nc(C)c23)c(OC)c1OC. The number of methoxy groups -OCH3 is 3. The normalized spacial score (nSPS) is 11.0. The molecule has 0 radical (unpaired) electrons. The van der Waals surface area contributed by atoms with Gasteiger partial charge in [0.2, 0.25) is 11.7 Å². The van der Waals surface area contributed by atoms with Gasteiger partial charge < -0.3 is 24.5 Å². The zero-order valence-electron chi connectivity index (χ0n) is 18.9. The Hall–Kier alpha value is -3.74. The van der Waals surface area contributed by atoms with Crippen LogP contribution in [0.3, 0.4) is 0 Å². The first-order valence-corrected chi connectivity index (χ1v) is 10.5. The van der Waals surface area contributed by atoms with Gasteiger partial charge in [-0.1, -0.05) is 36.4 Å². The molecule has 0 unspecified atom stereocenters. The van der Waals surface area contributed by atoms with E-state index in [1.54, 1.807) is 21.3 Å². The van der Waals surface area contributed by atoms with Crippen LogP contribution < -0.4 is 19.9 Å². The van der Waals surface area contributed by atoms with Crippen molar-refractivity contribution in [3.8, 4) is 17.2 Å². The van der Waals surface area contributed by atoms with Gasteiger partial charge in [0.15, 0.2) is 11.5 Å². The fourth-order valence-corrected chi connectivity index (χ4v) is 4.20. The molecule has 32 heavy (non-hydrogen) atoms. The van der Waals surface area contributed by atoms with Crippen LogP contribution in [0.5, 0.6) is 17.2 Å². The van der Waals surface area contributed by atoms with E-state index >= 15 is 0 Å². The number of benzene rings is 2. The van der Waals surface area contributed by atoms with Crippen LogP contribution in [0.15, 0.2) is 48.7 Å². The van der Waals surface area contributed by atoms with Crippen molar-refractivity contribution in [3.05, 3.63) is 71.0 Å². The summed E-state index contributed by atoms with van der Waals surface area (Å²) in [5.41, 5.74) is 11.1. The topological polar surface area (TPSA) is 84.4 Å². The van der Waals surface area contributed by atoms with Crippen LogP contribution in [-0.4, -0.2) is 35.9 Å². The van der Waals surface area contributed by atoms with Gasteiger partial charge in [0.1, 0.15) is 5.65 Å². The van der Waals surface area contributed by atoms with Crippen molar-refractivity contribution in [1.29, 1.82) is 0 Å². The highest BCUT2D eigenvalue weighted by molar-refractivity contribution is 5.84. The highest BCUT2D eigenvalue weighted by atomic mass is 16.5. The van der Waals surface area contributed by atoms with Gasteiger partial charge in [-0.15, -0.1) is 0 Å². The van der Waals surface area contributed by atoms with E-state index in [0.717, 1.165) is 35.1 Å². The van der Waals surface area contributed by atoms with Crippen LogP contribution >= 0.6 is 0 Å². The molecule has 0 aliphatic carbocycles. The van der Waals surface area contributed by atoms with Gasteiger partial charge in [0.25, 0.3) is 0 Å². The Morgan fingerprint density at radius 1 is 0.844 bits per heavy atom. The number of fused-ring (bicyclic) bond motifs is 1.